The summed E-state index contributed by atoms with van der Waals surface area (Å²) in [7, 11) is 0. The van der Waals surface area contributed by atoms with E-state index in [9.17, 15) is 4.79 Å². The summed E-state index contributed by atoms with van der Waals surface area (Å²) in [6.07, 6.45) is 2.67. The van der Waals surface area contributed by atoms with Crippen molar-refractivity contribution in [2.24, 2.45) is 5.92 Å². The summed E-state index contributed by atoms with van der Waals surface area (Å²) < 4.78 is 0. The fourth-order valence-corrected chi connectivity index (χ4v) is 2.46. The summed E-state index contributed by atoms with van der Waals surface area (Å²) in [6, 6.07) is 5.30. The Morgan fingerprint density at radius 1 is 1.40 bits per heavy atom. The largest absolute Gasteiger partial charge is 0.396 e. The van der Waals surface area contributed by atoms with Crippen LogP contribution in [-0.4, -0.2) is 24.2 Å². The van der Waals surface area contributed by atoms with Crippen LogP contribution < -0.4 is 5.32 Å². The first-order chi connectivity index (χ1) is 9.56. The van der Waals surface area contributed by atoms with Crippen LogP contribution in [0.2, 0.25) is 10.0 Å². The Kier molecular flexibility index (Phi) is 7.97. The van der Waals surface area contributed by atoms with E-state index in [4.69, 9.17) is 28.3 Å². The lowest BCUT2D eigenvalue weighted by molar-refractivity contribution is -0.121. The molecule has 0 fully saturated rings. The fraction of sp³-hybridized carbons (Fsp3) is 0.533. The van der Waals surface area contributed by atoms with Gasteiger partial charge in [0.2, 0.25) is 5.91 Å². The Hall–Kier alpha value is -0.770. The van der Waals surface area contributed by atoms with Gasteiger partial charge in [0.15, 0.2) is 0 Å². The number of hydrogen-bond donors (Lipinski definition) is 2. The van der Waals surface area contributed by atoms with Crippen molar-refractivity contribution in [3.05, 3.63) is 33.8 Å². The third kappa shape index (κ3) is 6.12. The molecule has 1 aromatic carbocycles. The SMILES string of the molecule is CCC(CCO)CNC(=O)CCc1ccc(Cl)cc1Cl. The molecule has 1 rings (SSSR count). The summed E-state index contributed by atoms with van der Waals surface area (Å²) in [5, 5.41) is 13.0. The van der Waals surface area contributed by atoms with E-state index in [1.807, 2.05) is 6.07 Å². The fourth-order valence-electron chi connectivity index (χ4n) is 1.95. The Bertz CT molecular complexity index is 438. The minimum Gasteiger partial charge on any atom is -0.396 e. The maximum absolute atomic E-state index is 11.8. The second kappa shape index (κ2) is 9.22. The number of amides is 1. The molecule has 2 N–H and O–H groups in total. The van der Waals surface area contributed by atoms with Crippen LogP contribution in [0.3, 0.4) is 0 Å². The van der Waals surface area contributed by atoms with Crippen LogP contribution in [-0.2, 0) is 11.2 Å². The van der Waals surface area contributed by atoms with Crippen LogP contribution in [0, 0.1) is 5.92 Å². The first-order valence-corrected chi connectivity index (χ1v) is 7.63. The van der Waals surface area contributed by atoms with Crippen molar-refractivity contribution < 1.29 is 9.90 Å². The molecular weight excluding hydrogens is 297 g/mol. The first kappa shape index (κ1) is 17.3. The Morgan fingerprint density at radius 2 is 2.15 bits per heavy atom. The minimum atomic E-state index is 0.00686. The van der Waals surface area contributed by atoms with E-state index in [0.29, 0.717) is 35.3 Å². The number of halogens is 2. The van der Waals surface area contributed by atoms with E-state index in [1.54, 1.807) is 12.1 Å². The second-order valence-electron chi connectivity index (χ2n) is 4.83. The number of aliphatic hydroxyl groups excluding tert-OH is 1. The summed E-state index contributed by atoms with van der Waals surface area (Å²) >= 11 is 11.9. The van der Waals surface area contributed by atoms with E-state index in [0.717, 1.165) is 18.4 Å². The highest BCUT2D eigenvalue weighted by molar-refractivity contribution is 6.35. The third-order valence-corrected chi connectivity index (χ3v) is 3.93. The summed E-state index contributed by atoms with van der Waals surface area (Å²) in [5.74, 6) is 0.343. The first-order valence-electron chi connectivity index (χ1n) is 6.88. The topological polar surface area (TPSA) is 49.3 Å². The van der Waals surface area contributed by atoms with Gasteiger partial charge in [-0.15, -0.1) is 0 Å². The molecule has 0 spiro atoms. The van der Waals surface area contributed by atoms with E-state index in [2.05, 4.69) is 12.2 Å². The smallest absolute Gasteiger partial charge is 0.220 e. The molecule has 0 heterocycles. The second-order valence-corrected chi connectivity index (χ2v) is 5.67. The molecule has 3 nitrogen and oxygen atoms in total. The molecule has 112 valence electrons. The lowest BCUT2D eigenvalue weighted by Crippen LogP contribution is -2.29. The molecule has 20 heavy (non-hydrogen) atoms. The minimum absolute atomic E-state index is 0.00686. The molecule has 1 unspecified atom stereocenters. The van der Waals surface area contributed by atoms with Crippen molar-refractivity contribution in [1.29, 1.82) is 0 Å². The van der Waals surface area contributed by atoms with Gasteiger partial charge in [-0.3, -0.25) is 4.79 Å². The third-order valence-electron chi connectivity index (χ3n) is 3.34. The van der Waals surface area contributed by atoms with Crippen molar-refractivity contribution in [3.8, 4) is 0 Å². The van der Waals surface area contributed by atoms with Crippen molar-refractivity contribution in [2.75, 3.05) is 13.2 Å². The predicted molar refractivity (Wildman–Crippen MR) is 83.3 cm³/mol. The molecule has 0 radical (unpaired) electrons. The molecule has 5 heteroatoms. The van der Waals surface area contributed by atoms with Crippen molar-refractivity contribution in [1.82, 2.24) is 5.32 Å². The van der Waals surface area contributed by atoms with E-state index < -0.39 is 0 Å². The lowest BCUT2D eigenvalue weighted by Gasteiger charge is -2.14. The zero-order valence-corrected chi connectivity index (χ0v) is 13.2. The Morgan fingerprint density at radius 3 is 2.75 bits per heavy atom. The van der Waals surface area contributed by atoms with Gasteiger partial charge >= 0.3 is 0 Å². The standard InChI is InChI=1S/C15H21Cl2NO2/c1-2-11(7-8-19)10-18-15(20)6-4-12-3-5-13(16)9-14(12)17/h3,5,9,11,19H,2,4,6-8,10H2,1H3,(H,18,20). The van der Waals surface area contributed by atoms with E-state index >= 15 is 0 Å². The highest BCUT2D eigenvalue weighted by atomic mass is 35.5. The maximum atomic E-state index is 11.8. The number of carbonyl (C=O) groups excluding carboxylic acids is 1. The maximum Gasteiger partial charge on any atom is 0.220 e. The normalized spacial score (nSPS) is 12.2. The van der Waals surface area contributed by atoms with Gasteiger partial charge in [0.1, 0.15) is 0 Å². The van der Waals surface area contributed by atoms with Gasteiger partial charge in [0, 0.05) is 29.6 Å². The van der Waals surface area contributed by atoms with Crippen molar-refractivity contribution in [3.63, 3.8) is 0 Å². The summed E-state index contributed by atoms with van der Waals surface area (Å²) in [6.45, 7) is 2.83. The average molecular weight is 318 g/mol. The Labute approximate surface area is 130 Å². The summed E-state index contributed by atoms with van der Waals surface area (Å²) in [5.41, 5.74) is 0.925. The van der Waals surface area contributed by atoms with E-state index in [1.165, 1.54) is 0 Å². The number of aliphatic hydroxyl groups is 1. The number of rotatable bonds is 8. The molecule has 1 atom stereocenters. The number of aryl methyl sites for hydroxylation is 1. The molecule has 0 aliphatic carbocycles. The van der Waals surface area contributed by atoms with Gasteiger partial charge in [-0.1, -0.05) is 42.6 Å². The molecule has 1 amide bonds. The lowest BCUT2D eigenvalue weighted by atomic mass is 10.0. The van der Waals surface area contributed by atoms with Gasteiger partial charge in [-0.2, -0.15) is 0 Å². The van der Waals surface area contributed by atoms with Crippen LogP contribution in [0.15, 0.2) is 18.2 Å². The van der Waals surface area contributed by atoms with Gasteiger partial charge in [0.25, 0.3) is 0 Å². The van der Waals surface area contributed by atoms with Crippen LogP contribution in [0.25, 0.3) is 0 Å². The van der Waals surface area contributed by atoms with Gasteiger partial charge < -0.3 is 10.4 Å². The van der Waals surface area contributed by atoms with Crippen LogP contribution in [0.4, 0.5) is 0 Å². The van der Waals surface area contributed by atoms with Crippen LogP contribution in [0.5, 0.6) is 0 Å². The molecule has 0 saturated carbocycles. The zero-order chi connectivity index (χ0) is 15.0. The number of benzene rings is 1. The predicted octanol–water partition coefficient (Wildman–Crippen LogP) is 3.45. The van der Waals surface area contributed by atoms with Gasteiger partial charge in [-0.25, -0.2) is 0 Å². The molecule has 1 aromatic rings. The number of hydrogen-bond acceptors (Lipinski definition) is 2. The zero-order valence-electron chi connectivity index (χ0n) is 11.7. The quantitative estimate of drug-likeness (QED) is 0.771. The van der Waals surface area contributed by atoms with E-state index in [-0.39, 0.29) is 12.5 Å². The van der Waals surface area contributed by atoms with Crippen molar-refractivity contribution >= 4 is 29.1 Å². The van der Waals surface area contributed by atoms with Crippen molar-refractivity contribution in [2.45, 2.75) is 32.6 Å². The average Bonchev–Trinajstić information content (AvgIpc) is 2.42. The van der Waals surface area contributed by atoms with Gasteiger partial charge in [-0.05, 0) is 36.5 Å². The molecule has 0 saturated heterocycles. The molecule has 0 aromatic heterocycles. The van der Waals surface area contributed by atoms with Crippen LogP contribution in [0.1, 0.15) is 31.7 Å². The highest BCUT2D eigenvalue weighted by Gasteiger charge is 2.09. The van der Waals surface area contributed by atoms with Gasteiger partial charge in [0.05, 0.1) is 0 Å². The molecule has 0 aliphatic rings. The monoisotopic (exact) mass is 317 g/mol. The Balaban J connectivity index is 2.36. The molecule has 0 aliphatic heterocycles. The highest BCUT2D eigenvalue weighted by Crippen LogP contribution is 2.22. The van der Waals surface area contributed by atoms with Crippen LogP contribution >= 0.6 is 23.2 Å². The molecule has 0 bridgehead atoms. The number of carbonyl (C=O) groups is 1. The molecular formula is C15H21Cl2NO2. The summed E-state index contributed by atoms with van der Waals surface area (Å²) in [4.78, 5) is 11.8. The number of nitrogens with one attached hydrogen (secondary N) is 1.